The van der Waals surface area contributed by atoms with Crippen molar-refractivity contribution in [3.63, 3.8) is 0 Å². The molecule has 2 heterocycles. The number of alkyl halides is 3. The largest absolute Gasteiger partial charge is 0.695 e. The van der Waals surface area contributed by atoms with Gasteiger partial charge in [0.15, 0.2) is 0 Å². The summed E-state index contributed by atoms with van der Waals surface area (Å²) in [4.78, 5) is 30.2. The van der Waals surface area contributed by atoms with Gasteiger partial charge in [0, 0.05) is 36.5 Å². The maximum Gasteiger partial charge on any atom is 0.695 e. The van der Waals surface area contributed by atoms with E-state index in [-0.39, 0.29) is 48.3 Å². The molecule has 0 fully saturated rings. The zero-order chi connectivity index (χ0) is 34.1. The molecule has 1 amide bonds. The van der Waals surface area contributed by atoms with E-state index in [0.717, 1.165) is 6.42 Å². The lowest BCUT2D eigenvalue weighted by atomic mass is 10.0. The van der Waals surface area contributed by atoms with Crippen molar-refractivity contribution in [2.75, 3.05) is 31.4 Å². The monoisotopic (exact) mass is 676 g/mol. The highest BCUT2D eigenvalue weighted by Crippen LogP contribution is 2.40. The van der Waals surface area contributed by atoms with E-state index < -0.39 is 31.7 Å². The second kappa shape index (κ2) is 15.8. The lowest BCUT2D eigenvalue weighted by Crippen LogP contribution is -2.21. The predicted molar refractivity (Wildman–Crippen MR) is 168 cm³/mol. The van der Waals surface area contributed by atoms with Crippen LogP contribution in [0.4, 0.5) is 36.3 Å². The van der Waals surface area contributed by atoms with Gasteiger partial charge < -0.3 is 25.8 Å². The molecule has 2 aromatic carbocycles. The van der Waals surface area contributed by atoms with Gasteiger partial charge in [-0.1, -0.05) is 19.1 Å². The number of hydrogen-bond acceptors (Lipinski definition) is 10. The van der Waals surface area contributed by atoms with Crippen LogP contribution in [0.5, 0.6) is 5.75 Å². The lowest BCUT2D eigenvalue weighted by molar-refractivity contribution is -0.138. The maximum absolute atomic E-state index is 14.5. The minimum atomic E-state index is -4.84. The van der Waals surface area contributed by atoms with Gasteiger partial charge >= 0.3 is 14.4 Å². The van der Waals surface area contributed by atoms with Crippen molar-refractivity contribution in [3.8, 4) is 16.9 Å². The maximum atomic E-state index is 14.5. The molecule has 5 N–H and O–H groups in total. The van der Waals surface area contributed by atoms with Crippen LogP contribution in [0.15, 0.2) is 48.8 Å². The highest BCUT2D eigenvalue weighted by molar-refractivity contribution is 7.32. The molecule has 47 heavy (non-hydrogen) atoms. The van der Waals surface area contributed by atoms with Gasteiger partial charge in [0.2, 0.25) is 5.95 Å². The van der Waals surface area contributed by atoms with E-state index in [4.69, 9.17) is 19.3 Å². The first-order chi connectivity index (χ1) is 22.5. The first-order valence-electron chi connectivity index (χ1n) is 14.4. The molecule has 0 spiro atoms. The first kappa shape index (κ1) is 35.2. The highest BCUT2D eigenvalue weighted by Gasteiger charge is 2.38. The van der Waals surface area contributed by atoms with Crippen LogP contribution in [-0.2, 0) is 34.8 Å². The smallest absolute Gasteiger partial charge is 0.495 e. The number of aliphatic hydroxyl groups excluding tert-OH is 1. The molecule has 0 aliphatic rings. The Hall–Kier alpha value is -4.63. The van der Waals surface area contributed by atoms with Gasteiger partial charge in [-0.25, -0.2) is 4.98 Å². The van der Waals surface area contributed by atoms with Crippen LogP contribution in [0.3, 0.4) is 0 Å². The average molecular weight is 677 g/mol. The quantitative estimate of drug-likeness (QED) is 0.0771. The van der Waals surface area contributed by atoms with E-state index in [2.05, 4.69) is 31.0 Å². The fourth-order valence-corrected chi connectivity index (χ4v) is 4.95. The third-order valence-electron chi connectivity index (χ3n) is 6.96. The number of aryl methyl sites for hydroxylation is 2. The normalized spacial score (nSPS) is 11.7. The molecule has 1 atom stereocenters. The average Bonchev–Trinajstić information content (AvgIpc) is 3.52. The summed E-state index contributed by atoms with van der Waals surface area (Å²) < 4.78 is 66.1. The third kappa shape index (κ3) is 9.01. The zero-order valence-electron chi connectivity index (χ0n) is 25.8. The number of benzene rings is 2. The number of carbonyl (C=O) groups is 1. The van der Waals surface area contributed by atoms with Gasteiger partial charge in [-0.3, -0.25) is 9.48 Å². The van der Waals surface area contributed by atoms with Crippen LogP contribution in [0.1, 0.15) is 46.9 Å². The summed E-state index contributed by atoms with van der Waals surface area (Å²) in [5, 5.41) is 21.5. The third-order valence-corrected chi connectivity index (χ3v) is 7.31. The lowest BCUT2D eigenvalue weighted by Gasteiger charge is -2.20. The number of unbranched alkanes of at least 4 members (excludes halogenated alkanes) is 1. The van der Waals surface area contributed by atoms with Crippen molar-refractivity contribution in [2.24, 2.45) is 0 Å². The number of aliphatic hydroxyl groups is 1. The minimum absolute atomic E-state index is 0.0708. The molecule has 0 saturated carbocycles. The van der Waals surface area contributed by atoms with E-state index in [1.807, 2.05) is 0 Å². The van der Waals surface area contributed by atoms with Gasteiger partial charge in [0.25, 0.3) is 5.91 Å². The summed E-state index contributed by atoms with van der Waals surface area (Å²) in [6, 6.07) is 9.34. The molecule has 2 aromatic heterocycles. The number of hydrogen-bond donors (Lipinski definition) is 5. The van der Waals surface area contributed by atoms with E-state index in [1.165, 1.54) is 33.2 Å². The second-order valence-electron chi connectivity index (χ2n) is 10.1. The molecule has 0 aliphatic carbocycles. The summed E-state index contributed by atoms with van der Waals surface area (Å²) in [6.07, 6.45) is -0.168. The Labute approximate surface area is 269 Å². The Kier molecular flexibility index (Phi) is 11.8. The number of carbonyl (C=O) groups excluding carboxylic acids is 1. The standard InChI is InChI=1S/C30H33F3N7O6P/c1-4-22-26(30(31,32)33)27(39-29(37-22)38-24-9-7-18(13-25(24)45-3)17-46-47(43)44)36-23-10-8-19(14-21(23)28(42)34-2)20-15-35-40(16-20)11-5-6-12-41/h7-10,13-16,41H,4-6,11-12,17H2,1-3H3,(H3-,34,36,37,38,39,42,43,44)/p+1. The Balaban J connectivity index is 1.73. The molecule has 250 valence electrons. The van der Waals surface area contributed by atoms with E-state index in [0.29, 0.717) is 35.3 Å². The zero-order valence-corrected chi connectivity index (χ0v) is 26.7. The highest BCUT2D eigenvalue weighted by atomic mass is 31.1. The Bertz CT molecular complexity index is 1730. The van der Waals surface area contributed by atoms with Crippen LogP contribution in [0.2, 0.25) is 0 Å². The minimum Gasteiger partial charge on any atom is -0.495 e. The molecule has 17 heteroatoms. The number of halogens is 3. The van der Waals surface area contributed by atoms with Gasteiger partial charge in [0.1, 0.15) is 23.7 Å². The SMILES string of the molecule is CCc1nc(Nc2ccc(CO[P+](=O)O)cc2OC)nc(Nc2ccc(-c3cnn(CCCCO)c3)cc2C(=O)NC)c1C(F)(F)F. The Morgan fingerprint density at radius 1 is 1.06 bits per heavy atom. The summed E-state index contributed by atoms with van der Waals surface area (Å²) in [7, 11) is -0.0245. The van der Waals surface area contributed by atoms with Crippen molar-refractivity contribution >= 4 is 37.3 Å². The van der Waals surface area contributed by atoms with Crippen molar-refractivity contribution in [1.29, 1.82) is 0 Å². The van der Waals surface area contributed by atoms with Crippen LogP contribution >= 0.6 is 8.25 Å². The van der Waals surface area contributed by atoms with Gasteiger partial charge in [0.05, 0.1) is 35.9 Å². The molecule has 4 rings (SSSR count). The summed E-state index contributed by atoms with van der Waals surface area (Å²) in [6.45, 7) is 2.02. The van der Waals surface area contributed by atoms with E-state index in [1.54, 1.807) is 41.3 Å². The predicted octanol–water partition coefficient (Wildman–Crippen LogP) is 5.72. The number of rotatable bonds is 15. The number of ether oxygens (including phenoxy) is 1. The molecule has 0 radical (unpaired) electrons. The Morgan fingerprint density at radius 2 is 1.83 bits per heavy atom. The second-order valence-corrected chi connectivity index (χ2v) is 10.9. The first-order valence-corrected chi connectivity index (χ1v) is 15.6. The molecule has 13 nitrogen and oxygen atoms in total. The summed E-state index contributed by atoms with van der Waals surface area (Å²) in [5.41, 5.74) is 0.897. The fraction of sp³-hybridized carbons (Fsp3) is 0.333. The van der Waals surface area contributed by atoms with Gasteiger partial charge in [-0.15, -0.1) is 9.42 Å². The number of nitrogens with zero attached hydrogens (tertiary/aromatic N) is 4. The van der Waals surface area contributed by atoms with Gasteiger partial charge in [-0.2, -0.15) is 23.3 Å². The van der Waals surface area contributed by atoms with Crippen molar-refractivity contribution < 1.29 is 41.8 Å². The number of methoxy groups -OCH3 is 1. The summed E-state index contributed by atoms with van der Waals surface area (Å²) in [5.74, 6) is -1.03. The number of amides is 1. The van der Waals surface area contributed by atoms with Crippen LogP contribution in [-0.4, -0.2) is 56.4 Å². The molecule has 0 bridgehead atoms. The van der Waals surface area contributed by atoms with Crippen molar-refractivity contribution in [3.05, 3.63) is 71.2 Å². The number of aromatic nitrogens is 4. The number of nitrogens with one attached hydrogen (secondary N) is 3. The number of anilines is 4. The van der Waals surface area contributed by atoms with Crippen molar-refractivity contribution in [1.82, 2.24) is 25.1 Å². The van der Waals surface area contributed by atoms with Crippen LogP contribution < -0.4 is 20.7 Å². The van der Waals surface area contributed by atoms with Gasteiger partial charge in [-0.05, 0) is 54.7 Å². The molecule has 4 aromatic rings. The molecule has 1 unspecified atom stereocenters. The van der Waals surface area contributed by atoms with Crippen LogP contribution in [0.25, 0.3) is 11.1 Å². The Morgan fingerprint density at radius 3 is 2.49 bits per heavy atom. The molecule has 0 aliphatic heterocycles. The topological polar surface area (TPSA) is 173 Å². The molecule has 0 saturated heterocycles. The van der Waals surface area contributed by atoms with Crippen LogP contribution in [0, 0.1) is 0 Å². The molecular formula is C30H34F3N7O6P+. The fourth-order valence-electron chi connectivity index (χ4n) is 4.69. The van der Waals surface area contributed by atoms with E-state index >= 15 is 0 Å². The molecular weight excluding hydrogens is 642 g/mol. The summed E-state index contributed by atoms with van der Waals surface area (Å²) >= 11 is 0. The van der Waals surface area contributed by atoms with E-state index in [9.17, 15) is 22.5 Å². The van der Waals surface area contributed by atoms with Crippen molar-refractivity contribution in [2.45, 2.75) is 45.5 Å².